The summed E-state index contributed by atoms with van der Waals surface area (Å²) in [6, 6.07) is 3.67. The molecular formula is C14H19FN2O3. The van der Waals surface area contributed by atoms with Crippen molar-refractivity contribution in [3.63, 3.8) is 0 Å². The molecule has 0 aliphatic carbocycles. The van der Waals surface area contributed by atoms with Gasteiger partial charge in [0.25, 0.3) is 0 Å². The molecule has 6 heteroatoms. The number of carbonyl (C=O) groups excluding carboxylic acids is 1. The fourth-order valence-electron chi connectivity index (χ4n) is 1.68. The van der Waals surface area contributed by atoms with Crippen LogP contribution in [0.3, 0.4) is 0 Å². The van der Waals surface area contributed by atoms with Gasteiger partial charge in [-0.15, -0.1) is 0 Å². The van der Waals surface area contributed by atoms with Crippen molar-refractivity contribution in [3.8, 4) is 0 Å². The summed E-state index contributed by atoms with van der Waals surface area (Å²) in [6.07, 6.45) is 0. The summed E-state index contributed by atoms with van der Waals surface area (Å²) < 4.78 is 13.7. The number of benzene rings is 1. The number of carbonyl (C=O) groups is 2. The molecule has 1 amide bonds. The number of hydrogen-bond acceptors (Lipinski definition) is 3. The minimum Gasteiger partial charge on any atom is -0.478 e. The molecule has 1 rings (SSSR count). The lowest BCUT2D eigenvalue weighted by molar-refractivity contribution is -0.130. The molecule has 1 aromatic rings. The number of carboxylic acid groups (broad SMARTS) is 1. The van der Waals surface area contributed by atoms with Crippen molar-refractivity contribution in [1.29, 1.82) is 0 Å². The zero-order chi connectivity index (χ0) is 15.3. The fraction of sp³-hybridized carbons (Fsp3) is 0.429. The maximum atomic E-state index is 13.7. The van der Waals surface area contributed by atoms with Crippen LogP contribution in [-0.2, 0) is 11.3 Å². The lowest BCUT2D eigenvalue weighted by Gasteiger charge is -2.22. The Balaban J connectivity index is 2.86. The molecule has 0 aliphatic heterocycles. The van der Waals surface area contributed by atoms with Gasteiger partial charge in [-0.2, -0.15) is 0 Å². The molecule has 0 aromatic heterocycles. The lowest BCUT2D eigenvalue weighted by Crippen LogP contribution is -2.36. The van der Waals surface area contributed by atoms with E-state index in [1.54, 1.807) is 19.0 Å². The van der Waals surface area contributed by atoms with Crippen molar-refractivity contribution in [2.75, 3.05) is 27.2 Å². The van der Waals surface area contributed by atoms with Crippen molar-refractivity contribution in [1.82, 2.24) is 9.80 Å². The second-order valence-electron chi connectivity index (χ2n) is 4.70. The number of halogens is 1. The molecule has 0 fully saturated rings. The Morgan fingerprint density at radius 3 is 2.45 bits per heavy atom. The van der Waals surface area contributed by atoms with Crippen molar-refractivity contribution in [2.45, 2.75) is 13.5 Å². The summed E-state index contributed by atoms with van der Waals surface area (Å²) in [4.78, 5) is 25.8. The summed E-state index contributed by atoms with van der Waals surface area (Å²) >= 11 is 0. The molecule has 0 radical (unpaired) electrons. The Bertz CT molecular complexity index is 503. The van der Waals surface area contributed by atoms with Crippen LogP contribution in [0, 0.1) is 5.82 Å². The predicted molar refractivity (Wildman–Crippen MR) is 73.0 cm³/mol. The van der Waals surface area contributed by atoms with Gasteiger partial charge >= 0.3 is 5.97 Å². The summed E-state index contributed by atoms with van der Waals surface area (Å²) in [5.74, 6) is -1.65. The highest BCUT2D eigenvalue weighted by molar-refractivity contribution is 5.87. The van der Waals surface area contributed by atoms with Gasteiger partial charge in [0.05, 0.1) is 12.1 Å². The van der Waals surface area contributed by atoms with E-state index in [4.69, 9.17) is 5.11 Å². The van der Waals surface area contributed by atoms with Crippen molar-refractivity contribution < 1.29 is 19.1 Å². The largest absolute Gasteiger partial charge is 0.478 e. The highest BCUT2D eigenvalue weighted by Crippen LogP contribution is 2.13. The average Bonchev–Trinajstić information content (AvgIpc) is 2.39. The highest BCUT2D eigenvalue weighted by atomic mass is 19.1. The minimum absolute atomic E-state index is 0.0383. The number of amides is 1. The third kappa shape index (κ3) is 4.31. The standard InChI is InChI=1S/C14H19FN2O3/c1-4-17(9-13(18)16(2)3)8-11-7-10(14(19)20)5-6-12(11)15/h5-7H,4,8-9H2,1-3H3,(H,19,20). The van der Waals surface area contributed by atoms with Gasteiger partial charge in [0.1, 0.15) is 5.82 Å². The number of rotatable bonds is 6. The summed E-state index contributed by atoms with van der Waals surface area (Å²) in [6.45, 7) is 2.79. The number of aromatic carboxylic acids is 1. The maximum Gasteiger partial charge on any atom is 0.335 e. The zero-order valence-corrected chi connectivity index (χ0v) is 11.9. The molecule has 0 saturated heterocycles. The molecule has 0 unspecified atom stereocenters. The SMILES string of the molecule is CCN(CC(=O)N(C)C)Cc1cc(C(=O)O)ccc1F. The zero-order valence-electron chi connectivity index (χ0n) is 11.9. The average molecular weight is 282 g/mol. The highest BCUT2D eigenvalue weighted by Gasteiger charge is 2.14. The second kappa shape index (κ2) is 7.00. The number of hydrogen-bond donors (Lipinski definition) is 1. The van der Waals surface area contributed by atoms with Crippen molar-refractivity contribution in [3.05, 3.63) is 35.1 Å². The molecule has 0 saturated carbocycles. The van der Waals surface area contributed by atoms with E-state index >= 15 is 0 Å². The Morgan fingerprint density at radius 1 is 1.30 bits per heavy atom. The Hall–Kier alpha value is -1.95. The van der Waals surface area contributed by atoms with Gasteiger partial charge in [0, 0.05) is 26.2 Å². The Labute approximate surface area is 117 Å². The smallest absolute Gasteiger partial charge is 0.335 e. The lowest BCUT2D eigenvalue weighted by atomic mass is 10.1. The third-order valence-corrected chi connectivity index (χ3v) is 2.99. The van der Waals surface area contributed by atoms with E-state index in [1.807, 2.05) is 6.92 Å². The quantitative estimate of drug-likeness (QED) is 0.857. The minimum atomic E-state index is -1.10. The van der Waals surface area contributed by atoms with E-state index in [9.17, 15) is 14.0 Å². The first-order valence-electron chi connectivity index (χ1n) is 6.29. The molecule has 1 N–H and O–H groups in total. The van der Waals surface area contributed by atoms with Gasteiger partial charge < -0.3 is 10.0 Å². The fourth-order valence-corrected chi connectivity index (χ4v) is 1.68. The number of likely N-dealkylation sites (N-methyl/N-ethyl adjacent to an activating group) is 2. The number of nitrogens with zero attached hydrogens (tertiary/aromatic N) is 2. The van der Waals surface area contributed by atoms with Crippen LogP contribution in [0.5, 0.6) is 0 Å². The van der Waals surface area contributed by atoms with Gasteiger partial charge in [-0.25, -0.2) is 9.18 Å². The normalized spacial score (nSPS) is 10.7. The van der Waals surface area contributed by atoms with Crippen LogP contribution in [0.25, 0.3) is 0 Å². The molecule has 110 valence electrons. The topological polar surface area (TPSA) is 60.9 Å². The van der Waals surface area contributed by atoms with Crippen LogP contribution in [0.15, 0.2) is 18.2 Å². The van der Waals surface area contributed by atoms with E-state index in [0.29, 0.717) is 6.54 Å². The first-order valence-corrected chi connectivity index (χ1v) is 6.29. The van der Waals surface area contributed by atoms with E-state index in [-0.39, 0.29) is 30.1 Å². The van der Waals surface area contributed by atoms with Crippen LogP contribution in [0.1, 0.15) is 22.8 Å². The summed E-state index contributed by atoms with van der Waals surface area (Å²) in [5, 5.41) is 8.91. The first kappa shape index (κ1) is 16.1. The van der Waals surface area contributed by atoms with Gasteiger partial charge in [0.2, 0.25) is 5.91 Å². The molecule has 0 aliphatic rings. The Kier molecular flexibility index (Phi) is 5.64. The van der Waals surface area contributed by atoms with Gasteiger partial charge in [-0.05, 0) is 24.7 Å². The van der Waals surface area contributed by atoms with Crippen molar-refractivity contribution in [2.24, 2.45) is 0 Å². The monoisotopic (exact) mass is 282 g/mol. The van der Waals surface area contributed by atoms with Gasteiger partial charge in [-0.3, -0.25) is 9.69 Å². The van der Waals surface area contributed by atoms with Crippen LogP contribution in [0.2, 0.25) is 0 Å². The molecule has 20 heavy (non-hydrogen) atoms. The van der Waals surface area contributed by atoms with E-state index in [1.165, 1.54) is 17.0 Å². The summed E-state index contributed by atoms with van der Waals surface area (Å²) in [5.41, 5.74) is 0.315. The van der Waals surface area contributed by atoms with Crippen LogP contribution >= 0.6 is 0 Å². The van der Waals surface area contributed by atoms with Gasteiger partial charge in [-0.1, -0.05) is 6.92 Å². The molecule has 0 spiro atoms. The van der Waals surface area contributed by atoms with E-state index < -0.39 is 11.8 Å². The first-order chi connectivity index (χ1) is 9.35. The molecule has 1 aromatic carbocycles. The molecular weight excluding hydrogens is 263 g/mol. The van der Waals surface area contributed by atoms with Crippen LogP contribution < -0.4 is 0 Å². The second-order valence-corrected chi connectivity index (χ2v) is 4.70. The molecule has 0 heterocycles. The maximum absolute atomic E-state index is 13.7. The summed E-state index contributed by atoms with van der Waals surface area (Å²) in [7, 11) is 3.31. The third-order valence-electron chi connectivity index (χ3n) is 2.99. The Morgan fingerprint density at radius 2 is 1.95 bits per heavy atom. The number of carboxylic acids is 1. The molecule has 5 nitrogen and oxygen atoms in total. The van der Waals surface area contributed by atoms with Crippen LogP contribution in [0.4, 0.5) is 4.39 Å². The van der Waals surface area contributed by atoms with E-state index in [0.717, 1.165) is 6.07 Å². The van der Waals surface area contributed by atoms with Crippen LogP contribution in [-0.4, -0.2) is 54.0 Å². The van der Waals surface area contributed by atoms with Crippen molar-refractivity contribution >= 4 is 11.9 Å². The molecule has 0 atom stereocenters. The van der Waals surface area contributed by atoms with E-state index in [2.05, 4.69) is 0 Å². The molecule has 0 bridgehead atoms. The predicted octanol–water partition coefficient (Wildman–Crippen LogP) is 1.43. The van der Waals surface area contributed by atoms with Gasteiger partial charge in [0.15, 0.2) is 0 Å².